The second kappa shape index (κ2) is 2.71. The van der Waals surface area contributed by atoms with Crippen LogP contribution >= 0.6 is 0 Å². The standard InChI is InChI=1S/C10H20N2/c1-10(2,3)12-7-6-11-8-4-5-9(8)12/h8-9,11H,4-7H2,1-3H3/t8-,9-/m1/s1. The van der Waals surface area contributed by atoms with Crippen LogP contribution in [0.2, 0.25) is 0 Å². The topological polar surface area (TPSA) is 15.3 Å². The molecule has 2 rings (SSSR count). The van der Waals surface area contributed by atoms with E-state index < -0.39 is 0 Å². The molecule has 0 spiro atoms. The van der Waals surface area contributed by atoms with E-state index in [1.807, 2.05) is 0 Å². The highest BCUT2D eigenvalue weighted by Gasteiger charge is 2.41. The summed E-state index contributed by atoms with van der Waals surface area (Å²) in [6.07, 6.45) is 2.78. The second-order valence-electron chi connectivity index (χ2n) is 5.07. The SMILES string of the molecule is CC(C)(C)N1CCN[C@@H]2CC[C@H]21. The van der Waals surface area contributed by atoms with E-state index in [9.17, 15) is 0 Å². The van der Waals surface area contributed by atoms with Gasteiger partial charge in [0.25, 0.3) is 0 Å². The fraction of sp³-hybridized carbons (Fsp3) is 1.00. The number of fused-ring (bicyclic) bond motifs is 1. The number of nitrogens with zero attached hydrogens (tertiary/aromatic N) is 1. The first-order chi connectivity index (χ1) is 5.59. The zero-order chi connectivity index (χ0) is 8.77. The van der Waals surface area contributed by atoms with Crippen LogP contribution in [0.3, 0.4) is 0 Å². The fourth-order valence-electron chi connectivity index (χ4n) is 2.46. The third-order valence-corrected chi connectivity index (χ3v) is 3.26. The van der Waals surface area contributed by atoms with Crippen molar-refractivity contribution in [3.63, 3.8) is 0 Å². The van der Waals surface area contributed by atoms with E-state index in [1.165, 1.54) is 25.9 Å². The van der Waals surface area contributed by atoms with Gasteiger partial charge < -0.3 is 5.32 Å². The smallest absolute Gasteiger partial charge is 0.0255 e. The van der Waals surface area contributed by atoms with Gasteiger partial charge in [-0.15, -0.1) is 0 Å². The van der Waals surface area contributed by atoms with E-state index in [2.05, 4.69) is 31.0 Å². The molecule has 1 aliphatic carbocycles. The summed E-state index contributed by atoms with van der Waals surface area (Å²) in [6.45, 7) is 9.39. The van der Waals surface area contributed by atoms with Crippen LogP contribution in [0.25, 0.3) is 0 Å². The normalized spacial score (nSPS) is 37.2. The summed E-state index contributed by atoms with van der Waals surface area (Å²) in [5.41, 5.74) is 0.367. The Kier molecular flexibility index (Phi) is 1.92. The van der Waals surface area contributed by atoms with Gasteiger partial charge in [0.2, 0.25) is 0 Å². The lowest BCUT2D eigenvalue weighted by Crippen LogP contribution is -2.67. The first-order valence-electron chi connectivity index (χ1n) is 5.09. The van der Waals surface area contributed by atoms with Crippen molar-refractivity contribution in [3.05, 3.63) is 0 Å². The highest BCUT2D eigenvalue weighted by atomic mass is 15.3. The van der Waals surface area contributed by atoms with E-state index in [1.54, 1.807) is 0 Å². The molecule has 0 radical (unpaired) electrons. The monoisotopic (exact) mass is 168 g/mol. The number of hydrogen-bond acceptors (Lipinski definition) is 2. The average molecular weight is 168 g/mol. The second-order valence-corrected chi connectivity index (χ2v) is 5.07. The van der Waals surface area contributed by atoms with Crippen LogP contribution < -0.4 is 5.32 Å². The van der Waals surface area contributed by atoms with Crippen molar-refractivity contribution in [2.45, 2.75) is 51.2 Å². The third kappa shape index (κ3) is 1.27. The van der Waals surface area contributed by atoms with Crippen molar-refractivity contribution >= 4 is 0 Å². The first kappa shape index (κ1) is 8.52. The Bertz CT molecular complexity index is 171. The highest BCUT2D eigenvalue weighted by Crippen LogP contribution is 2.32. The molecule has 0 aromatic carbocycles. The molecule has 1 N–H and O–H groups in total. The van der Waals surface area contributed by atoms with Crippen molar-refractivity contribution in [2.24, 2.45) is 0 Å². The van der Waals surface area contributed by atoms with Gasteiger partial charge in [0.05, 0.1) is 0 Å². The molecule has 12 heavy (non-hydrogen) atoms. The third-order valence-electron chi connectivity index (χ3n) is 3.26. The molecule has 0 bridgehead atoms. The minimum absolute atomic E-state index is 0.367. The predicted octanol–water partition coefficient (Wildman–Crippen LogP) is 1.22. The molecule has 2 heteroatoms. The van der Waals surface area contributed by atoms with Crippen LogP contribution in [0, 0.1) is 0 Å². The van der Waals surface area contributed by atoms with Crippen LogP contribution in [0.15, 0.2) is 0 Å². The summed E-state index contributed by atoms with van der Waals surface area (Å²) in [5, 5.41) is 3.58. The maximum atomic E-state index is 3.58. The van der Waals surface area contributed by atoms with Gasteiger partial charge in [-0.3, -0.25) is 4.90 Å². The van der Waals surface area contributed by atoms with Crippen molar-refractivity contribution in [1.29, 1.82) is 0 Å². The molecular formula is C10H20N2. The molecule has 1 aliphatic heterocycles. The Morgan fingerprint density at radius 2 is 2.00 bits per heavy atom. The molecule has 1 heterocycles. The number of nitrogens with one attached hydrogen (secondary N) is 1. The van der Waals surface area contributed by atoms with Crippen LogP contribution in [-0.4, -0.2) is 35.6 Å². The minimum Gasteiger partial charge on any atom is -0.311 e. The van der Waals surface area contributed by atoms with Gasteiger partial charge in [-0.2, -0.15) is 0 Å². The molecule has 1 saturated carbocycles. The van der Waals surface area contributed by atoms with Gasteiger partial charge in [0, 0.05) is 30.7 Å². The molecule has 70 valence electrons. The summed E-state index contributed by atoms with van der Waals surface area (Å²) in [7, 11) is 0. The summed E-state index contributed by atoms with van der Waals surface area (Å²) < 4.78 is 0. The summed E-state index contributed by atoms with van der Waals surface area (Å²) in [5.74, 6) is 0. The van der Waals surface area contributed by atoms with Crippen LogP contribution in [0.1, 0.15) is 33.6 Å². The van der Waals surface area contributed by atoms with E-state index in [4.69, 9.17) is 0 Å². The molecular weight excluding hydrogens is 148 g/mol. The zero-order valence-electron chi connectivity index (χ0n) is 8.43. The number of rotatable bonds is 0. The van der Waals surface area contributed by atoms with Crippen LogP contribution in [-0.2, 0) is 0 Å². The maximum absolute atomic E-state index is 3.58. The van der Waals surface area contributed by atoms with Gasteiger partial charge in [0.1, 0.15) is 0 Å². The van der Waals surface area contributed by atoms with E-state index in [0.29, 0.717) is 5.54 Å². The lowest BCUT2D eigenvalue weighted by Gasteiger charge is -2.54. The lowest BCUT2D eigenvalue weighted by atomic mass is 9.81. The minimum atomic E-state index is 0.367. The summed E-state index contributed by atoms with van der Waals surface area (Å²) >= 11 is 0. The van der Waals surface area contributed by atoms with Crippen LogP contribution in [0.4, 0.5) is 0 Å². The number of hydrogen-bond donors (Lipinski definition) is 1. The van der Waals surface area contributed by atoms with E-state index in [-0.39, 0.29) is 0 Å². The molecule has 0 unspecified atom stereocenters. The van der Waals surface area contributed by atoms with E-state index in [0.717, 1.165) is 12.1 Å². The van der Waals surface area contributed by atoms with Crippen molar-refractivity contribution in [1.82, 2.24) is 10.2 Å². The molecule has 2 atom stereocenters. The van der Waals surface area contributed by atoms with Gasteiger partial charge >= 0.3 is 0 Å². The Balaban J connectivity index is 2.05. The maximum Gasteiger partial charge on any atom is 0.0255 e. The molecule has 1 saturated heterocycles. The Morgan fingerprint density at radius 3 is 2.42 bits per heavy atom. The average Bonchev–Trinajstić information content (AvgIpc) is 1.88. The molecule has 2 nitrogen and oxygen atoms in total. The van der Waals surface area contributed by atoms with Gasteiger partial charge in [-0.25, -0.2) is 0 Å². The Morgan fingerprint density at radius 1 is 1.25 bits per heavy atom. The van der Waals surface area contributed by atoms with Gasteiger partial charge in [-0.05, 0) is 33.6 Å². The Labute approximate surface area is 75.3 Å². The van der Waals surface area contributed by atoms with Crippen molar-refractivity contribution < 1.29 is 0 Å². The highest BCUT2D eigenvalue weighted by molar-refractivity contribution is 5.00. The molecule has 0 aromatic heterocycles. The van der Waals surface area contributed by atoms with Crippen molar-refractivity contribution in [2.75, 3.05) is 13.1 Å². The van der Waals surface area contributed by atoms with Crippen molar-refractivity contribution in [3.8, 4) is 0 Å². The molecule has 0 aromatic rings. The quantitative estimate of drug-likeness (QED) is 0.585. The molecule has 0 amide bonds. The largest absolute Gasteiger partial charge is 0.311 e. The Hall–Kier alpha value is -0.0800. The number of piperazine rings is 1. The van der Waals surface area contributed by atoms with E-state index >= 15 is 0 Å². The summed E-state index contributed by atoms with van der Waals surface area (Å²) in [6, 6.07) is 1.64. The zero-order valence-corrected chi connectivity index (χ0v) is 8.43. The first-order valence-corrected chi connectivity index (χ1v) is 5.09. The predicted molar refractivity (Wildman–Crippen MR) is 51.3 cm³/mol. The molecule has 2 fully saturated rings. The molecule has 2 aliphatic rings. The van der Waals surface area contributed by atoms with Crippen LogP contribution in [0.5, 0.6) is 0 Å². The summed E-state index contributed by atoms with van der Waals surface area (Å²) in [4.78, 5) is 2.66. The van der Waals surface area contributed by atoms with Gasteiger partial charge in [0.15, 0.2) is 0 Å². The lowest BCUT2D eigenvalue weighted by molar-refractivity contribution is -0.0119. The fourth-order valence-corrected chi connectivity index (χ4v) is 2.46. The van der Waals surface area contributed by atoms with Gasteiger partial charge in [-0.1, -0.05) is 0 Å².